The van der Waals surface area contributed by atoms with E-state index in [4.69, 9.17) is 4.74 Å². The van der Waals surface area contributed by atoms with Gasteiger partial charge in [0.1, 0.15) is 17.7 Å². The Morgan fingerprint density at radius 2 is 2.04 bits per heavy atom. The highest BCUT2D eigenvalue weighted by Crippen LogP contribution is 2.21. The number of hydrogen-bond donors (Lipinski definition) is 0. The summed E-state index contributed by atoms with van der Waals surface area (Å²) in [5.74, 6) is 0.326. The van der Waals surface area contributed by atoms with Crippen LogP contribution in [0.5, 0.6) is 5.75 Å². The van der Waals surface area contributed by atoms with E-state index in [1.807, 2.05) is 19.1 Å². The number of halogens is 1. The van der Waals surface area contributed by atoms with Gasteiger partial charge in [-0.25, -0.2) is 9.07 Å². The van der Waals surface area contributed by atoms with Crippen molar-refractivity contribution in [1.29, 1.82) is 0 Å². The molecule has 0 spiro atoms. The number of pyridine rings is 1. The summed E-state index contributed by atoms with van der Waals surface area (Å²) < 4.78 is 20.7. The molecule has 3 aromatic rings. The summed E-state index contributed by atoms with van der Waals surface area (Å²) in [6, 6.07) is 9.70. The van der Waals surface area contributed by atoms with Crippen molar-refractivity contribution in [2.75, 3.05) is 13.1 Å². The number of likely N-dealkylation sites (tertiary alicyclic amines) is 1. The summed E-state index contributed by atoms with van der Waals surface area (Å²) in [7, 11) is 0. The summed E-state index contributed by atoms with van der Waals surface area (Å²) in [5, 5.41) is 4.30. The molecule has 1 aromatic carbocycles. The van der Waals surface area contributed by atoms with E-state index in [1.54, 1.807) is 40.3 Å². The third kappa shape index (κ3) is 3.53. The number of hydrogen-bond acceptors (Lipinski definition) is 4. The van der Waals surface area contributed by atoms with Crippen molar-refractivity contribution in [3.05, 3.63) is 72.1 Å². The first-order valence-corrected chi connectivity index (χ1v) is 8.78. The molecule has 0 aliphatic carbocycles. The molecule has 1 saturated heterocycles. The molecule has 0 N–H and O–H groups in total. The second-order valence-electron chi connectivity index (χ2n) is 6.50. The van der Waals surface area contributed by atoms with Crippen molar-refractivity contribution >= 4 is 5.91 Å². The Hall–Kier alpha value is -3.22. The average Bonchev–Trinajstić information content (AvgIpc) is 3.30. The van der Waals surface area contributed by atoms with Gasteiger partial charge in [-0.05, 0) is 43.3 Å². The van der Waals surface area contributed by atoms with Crippen molar-refractivity contribution in [2.45, 2.75) is 19.4 Å². The Bertz CT molecular complexity index is 940. The van der Waals surface area contributed by atoms with Gasteiger partial charge < -0.3 is 9.64 Å². The SMILES string of the molecule is Cc1c(C(=O)N2CCC(Oc3cccnc3)C2)cnn1-c1ccc(F)cc1. The zero-order chi connectivity index (χ0) is 18.8. The van der Waals surface area contributed by atoms with Gasteiger partial charge in [-0.15, -0.1) is 0 Å². The first-order chi connectivity index (χ1) is 13.1. The van der Waals surface area contributed by atoms with E-state index in [9.17, 15) is 9.18 Å². The van der Waals surface area contributed by atoms with E-state index < -0.39 is 0 Å². The van der Waals surface area contributed by atoms with Crippen LogP contribution in [0.15, 0.2) is 55.0 Å². The van der Waals surface area contributed by atoms with E-state index in [0.717, 1.165) is 12.1 Å². The predicted molar refractivity (Wildman–Crippen MR) is 97.4 cm³/mol. The molecule has 0 saturated carbocycles. The maximum Gasteiger partial charge on any atom is 0.257 e. The van der Waals surface area contributed by atoms with Crippen LogP contribution in [0, 0.1) is 12.7 Å². The molecule has 138 valence electrons. The fourth-order valence-corrected chi connectivity index (χ4v) is 3.25. The van der Waals surface area contributed by atoms with Crippen LogP contribution in [0.25, 0.3) is 5.69 Å². The Labute approximate surface area is 156 Å². The highest BCUT2D eigenvalue weighted by atomic mass is 19.1. The fraction of sp³-hybridized carbons (Fsp3) is 0.250. The van der Waals surface area contributed by atoms with Crippen LogP contribution in [-0.4, -0.2) is 44.8 Å². The highest BCUT2D eigenvalue weighted by molar-refractivity contribution is 5.95. The molecular weight excluding hydrogens is 347 g/mol. The van der Waals surface area contributed by atoms with Crippen molar-refractivity contribution in [3.63, 3.8) is 0 Å². The molecule has 4 rings (SSSR count). The molecule has 7 heteroatoms. The maximum absolute atomic E-state index is 13.1. The second kappa shape index (κ2) is 7.19. The fourth-order valence-electron chi connectivity index (χ4n) is 3.25. The Kier molecular flexibility index (Phi) is 4.58. The molecule has 1 atom stereocenters. The lowest BCUT2D eigenvalue weighted by molar-refractivity contribution is 0.0771. The van der Waals surface area contributed by atoms with Crippen molar-refractivity contribution in [1.82, 2.24) is 19.7 Å². The summed E-state index contributed by atoms with van der Waals surface area (Å²) in [6.45, 7) is 2.99. The Balaban J connectivity index is 1.46. The summed E-state index contributed by atoms with van der Waals surface area (Å²) in [5.41, 5.74) is 1.98. The third-order valence-corrected chi connectivity index (χ3v) is 4.68. The number of rotatable bonds is 4. The number of benzene rings is 1. The smallest absolute Gasteiger partial charge is 0.257 e. The molecule has 1 unspecified atom stereocenters. The Morgan fingerprint density at radius 1 is 1.22 bits per heavy atom. The Morgan fingerprint density at radius 3 is 2.78 bits per heavy atom. The summed E-state index contributed by atoms with van der Waals surface area (Å²) >= 11 is 0. The number of nitrogens with zero attached hydrogens (tertiary/aromatic N) is 4. The van der Waals surface area contributed by atoms with Gasteiger partial charge in [0.05, 0.1) is 35.9 Å². The van der Waals surface area contributed by atoms with E-state index >= 15 is 0 Å². The minimum Gasteiger partial charge on any atom is -0.487 e. The number of ether oxygens (including phenoxy) is 1. The lowest BCUT2D eigenvalue weighted by Crippen LogP contribution is -2.31. The molecule has 1 aliphatic rings. The molecule has 1 fully saturated rings. The summed E-state index contributed by atoms with van der Waals surface area (Å²) in [4.78, 5) is 18.7. The number of amides is 1. The van der Waals surface area contributed by atoms with Gasteiger partial charge in [-0.2, -0.15) is 5.10 Å². The van der Waals surface area contributed by atoms with E-state index in [1.165, 1.54) is 12.1 Å². The molecule has 6 nitrogen and oxygen atoms in total. The van der Waals surface area contributed by atoms with E-state index in [2.05, 4.69) is 10.1 Å². The highest BCUT2D eigenvalue weighted by Gasteiger charge is 2.30. The van der Waals surface area contributed by atoms with Gasteiger partial charge in [-0.1, -0.05) is 0 Å². The van der Waals surface area contributed by atoms with Crippen LogP contribution in [0.2, 0.25) is 0 Å². The van der Waals surface area contributed by atoms with Crippen LogP contribution in [0.4, 0.5) is 4.39 Å². The van der Waals surface area contributed by atoms with Gasteiger partial charge in [0.2, 0.25) is 0 Å². The van der Waals surface area contributed by atoms with Gasteiger partial charge in [0.25, 0.3) is 5.91 Å². The molecule has 27 heavy (non-hydrogen) atoms. The van der Waals surface area contributed by atoms with E-state index in [0.29, 0.717) is 30.1 Å². The standard InChI is InChI=1S/C20H19FN4O2/c1-14-19(12-23-25(14)16-6-4-15(21)5-7-16)20(26)24-10-8-18(13-24)27-17-3-2-9-22-11-17/h2-7,9,11-12,18H,8,10,13H2,1H3. The molecule has 0 radical (unpaired) electrons. The van der Waals surface area contributed by atoms with Gasteiger partial charge in [0, 0.05) is 19.2 Å². The third-order valence-electron chi connectivity index (χ3n) is 4.68. The van der Waals surface area contributed by atoms with Gasteiger partial charge in [0.15, 0.2) is 0 Å². The predicted octanol–water partition coefficient (Wildman–Crippen LogP) is 3.01. The van der Waals surface area contributed by atoms with Crippen molar-refractivity contribution in [2.24, 2.45) is 0 Å². The molecule has 2 aromatic heterocycles. The topological polar surface area (TPSA) is 60.3 Å². The maximum atomic E-state index is 13.1. The monoisotopic (exact) mass is 366 g/mol. The van der Waals surface area contributed by atoms with Gasteiger partial charge >= 0.3 is 0 Å². The minimum atomic E-state index is -0.309. The van der Waals surface area contributed by atoms with Crippen LogP contribution in [0.3, 0.4) is 0 Å². The first-order valence-electron chi connectivity index (χ1n) is 8.78. The zero-order valence-electron chi connectivity index (χ0n) is 14.9. The first kappa shape index (κ1) is 17.2. The molecule has 0 bridgehead atoms. The lowest BCUT2D eigenvalue weighted by Gasteiger charge is -2.17. The molecule has 3 heterocycles. The zero-order valence-corrected chi connectivity index (χ0v) is 14.9. The lowest BCUT2D eigenvalue weighted by atomic mass is 10.2. The largest absolute Gasteiger partial charge is 0.487 e. The number of aromatic nitrogens is 3. The van der Waals surface area contributed by atoms with Crippen molar-refractivity contribution in [3.8, 4) is 11.4 Å². The normalized spacial score (nSPS) is 16.5. The van der Waals surface area contributed by atoms with Crippen molar-refractivity contribution < 1.29 is 13.9 Å². The van der Waals surface area contributed by atoms with Crippen LogP contribution in [-0.2, 0) is 0 Å². The molecule has 1 aliphatic heterocycles. The number of carbonyl (C=O) groups is 1. The summed E-state index contributed by atoms with van der Waals surface area (Å²) in [6.07, 6.45) is 5.65. The van der Waals surface area contributed by atoms with Gasteiger partial charge in [-0.3, -0.25) is 9.78 Å². The van der Waals surface area contributed by atoms with Crippen LogP contribution >= 0.6 is 0 Å². The number of carbonyl (C=O) groups excluding carboxylic acids is 1. The minimum absolute atomic E-state index is 0.0504. The quantitative estimate of drug-likeness (QED) is 0.712. The van der Waals surface area contributed by atoms with Crippen LogP contribution in [0.1, 0.15) is 22.5 Å². The molecule has 1 amide bonds. The molecular formula is C20H19FN4O2. The average molecular weight is 366 g/mol. The van der Waals surface area contributed by atoms with E-state index in [-0.39, 0.29) is 17.8 Å². The van der Waals surface area contributed by atoms with Crippen LogP contribution < -0.4 is 4.74 Å². The second-order valence-corrected chi connectivity index (χ2v) is 6.50.